The highest BCUT2D eigenvalue weighted by Crippen LogP contribution is 2.46. The lowest BCUT2D eigenvalue weighted by molar-refractivity contribution is -0.143. The van der Waals surface area contributed by atoms with Crippen LogP contribution in [-0.4, -0.2) is 31.1 Å². The molecule has 0 radical (unpaired) electrons. The molecule has 1 saturated heterocycles. The molecule has 1 heterocycles. The van der Waals surface area contributed by atoms with E-state index < -0.39 is 29.6 Å². The fourth-order valence-electron chi connectivity index (χ4n) is 5.30. The Bertz CT molecular complexity index is 938. The van der Waals surface area contributed by atoms with Crippen molar-refractivity contribution in [1.29, 1.82) is 0 Å². The zero-order chi connectivity index (χ0) is 24.0. The van der Waals surface area contributed by atoms with Gasteiger partial charge in [0.25, 0.3) is 0 Å². The van der Waals surface area contributed by atoms with E-state index in [1.54, 1.807) is 12.1 Å². The van der Waals surface area contributed by atoms with E-state index in [1.165, 1.54) is 12.1 Å². The third kappa shape index (κ3) is 5.35. The molecule has 2 fully saturated rings. The molecule has 0 bridgehead atoms. The molecule has 180 valence electrons. The van der Waals surface area contributed by atoms with Crippen LogP contribution in [0.1, 0.15) is 41.0 Å². The number of nitrogens with zero attached hydrogens (tertiary/aromatic N) is 1. The first-order valence-corrected chi connectivity index (χ1v) is 10.8. The molecule has 2 aliphatic rings. The fourth-order valence-corrected chi connectivity index (χ4v) is 5.30. The highest BCUT2D eigenvalue weighted by Gasteiger charge is 2.45. The van der Waals surface area contributed by atoms with Crippen molar-refractivity contribution in [3.63, 3.8) is 0 Å². The van der Waals surface area contributed by atoms with Crippen molar-refractivity contribution >= 4 is 0 Å². The summed E-state index contributed by atoms with van der Waals surface area (Å²) in [4.78, 5) is 2.21. The second-order valence-corrected chi connectivity index (χ2v) is 9.06. The van der Waals surface area contributed by atoms with Crippen LogP contribution >= 0.6 is 0 Å². The standard InChI is InChI=1S/C24H24F7NO/c1-32-11-16-4-7-21(22(20(16)12-32)15-2-5-19(25)6-3-15)33-13-14-8-17(23(26,27)28)10-18(9-14)24(29,30)31/h2-3,5-6,8-10,16,20-22H,4,7,11-13H2,1H3/t16-,20+,21-,22-/m0/s1. The van der Waals surface area contributed by atoms with Crippen molar-refractivity contribution in [2.75, 3.05) is 20.1 Å². The van der Waals surface area contributed by atoms with Crippen molar-refractivity contribution in [3.05, 3.63) is 70.5 Å². The molecule has 0 N–H and O–H groups in total. The number of halogens is 7. The van der Waals surface area contributed by atoms with Crippen LogP contribution in [0.25, 0.3) is 0 Å². The van der Waals surface area contributed by atoms with Gasteiger partial charge in [-0.25, -0.2) is 4.39 Å². The lowest BCUT2D eigenvalue weighted by Gasteiger charge is -2.40. The molecule has 4 atom stereocenters. The monoisotopic (exact) mass is 475 g/mol. The summed E-state index contributed by atoms with van der Waals surface area (Å²) in [5.74, 6) is 0.125. The van der Waals surface area contributed by atoms with Crippen molar-refractivity contribution in [1.82, 2.24) is 4.90 Å². The molecule has 1 aliphatic carbocycles. The summed E-state index contributed by atoms with van der Waals surface area (Å²) in [5, 5.41) is 0. The van der Waals surface area contributed by atoms with Gasteiger partial charge in [0.05, 0.1) is 23.8 Å². The number of benzene rings is 2. The van der Waals surface area contributed by atoms with Gasteiger partial charge in [-0.1, -0.05) is 12.1 Å². The van der Waals surface area contributed by atoms with Gasteiger partial charge in [0.2, 0.25) is 0 Å². The summed E-state index contributed by atoms with van der Waals surface area (Å²) in [5.41, 5.74) is -2.02. The number of hydrogen-bond acceptors (Lipinski definition) is 2. The van der Waals surface area contributed by atoms with E-state index >= 15 is 0 Å². The maximum atomic E-state index is 13.5. The summed E-state index contributed by atoms with van der Waals surface area (Å²) < 4.78 is 98.6. The number of hydrogen-bond donors (Lipinski definition) is 0. The van der Waals surface area contributed by atoms with E-state index in [4.69, 9.17) is 4.74 Å². The highest BCUT2D eigenvalue weighted by molar-refractivity contribution is 5.33. The molecule has 4 rings (SSSR count). The van der Waals surface area contributed by atoms with Crippen LogP contribution in [0.15, 0.2) is 42.5 Å². The van der Waals surface area contributed by atoms with Gasteiger partial charge in [0, 0.05) is 19.0 Å². The van der Waals surface area contributed by atoms with E-state index in [0.717, 1.165) is 25.1 Å². The largest absolute Gasteiger partial charge is 0.416 e. The summed E-state index contributed by atoms with van der Waals surface area (Å²) >= 11 is 0. The van der Waals surface area contributed by atoms with Crippen LogP contribution in [0.4, 0.5) is 30.7 Å². The predicted octanol–water partition coefficient (Wildman–Crippen LogP) is 6.50. The second kappa shape index (κ2) is 8.91. The zero-order valence-electron chi connectivity index (χ0n) is 17.9. The Kier molecular flexibility index (Phi) is 6.48. The van der Waals surface area contributed by atoms with Crippen LogP contribution in [0.5, 0.6) is 0 Å². The van der Waals surface area contributed by atoms with Crippen molar-refractivity contribution in [3.8, 4) is 0 Å². The highest BCUT2D eigenvalue weighted by atomic mass is 19.4. The number of likely N-dealkylation sites (tertiary alicyclic amines) is 1. The molecular weight excluding hydrogens is 451 g/mol. The fraction of sp³-hybridized carbons (Fsp3) is 0.500. The zero-order valence-corrected chi connectivity index (χ0v) is 17.9. The van der Waals surface area contributed by atoms with Crippen LogP contribution < -0.4 is 0 Å². The molecule has 0 unspecified atom stereocenters. The maximum absolute atomic E-state index is 13.5. The molecular formula is C24H24F7NO. The lowest BCUT2D eigenvalue weighted by atomic mass is 9.69. The van der Waals surface area contributed by atoms with Gasteiger partial charge < -0.3 is 9.64 Å². The smallest absolute Gasteiger partial charge is 0.373 e. The van der Waals surface area contributed by atoms with Gasteiger partial charge in [-0.15, -0.1) is 0 Å². The third-order valence-electron chi connectivity index (χ3n) is 6.72. The Balaban J connectivity index is 1.60. The molecule has 0 aromatic heterocycles. The molecule has 0 amide bonds. The number of rotatable bonds is 4. The minimum absolute atomic E-state index is 0.115. The van der Waals surface area contributed by atoms with Crippen molar-refractivity contribution < 1.29 is 35.5 Å². The molecule has 2 nitrogen and oxygen atoms in total. The molecule has 33 heavy (non-hydrogen) atoms. The van der Waals surface area contributed by atoms with E-state index in [-0.39, 0.29) is 35.9 Å². The summed E-state index contributed by atoms with van der Waals surface area (Å²) in [6, 6.07) is 7.61. The Morgan fingerprint density at radius 1 is 0.879 bits per heavy atom. The van der Waals surface area contributed by atoms with Crippen LogP contribution in [0, 0.1) is 17.7 Å². The molecule has 2 aromatic carbocycles. The van der Waals surface area contributed by atoms with E-state index in [0.29, 0.717) is 24.5 Å². The van der Waals surface area contributed by atoms with Gasteiger partial charge in [0.15, 0.2) is 0 Å². The van der Waals surface area contributed by atoms with E-state index in [2.05, 4.69) is 4.90 Å². The predicted molar refractivity (Wildman–Crippen MR) is 108 cm³/mol. The van der Waals surface area contributed by atoms with Gasteiger partial charge in [-0.2, -0.15) is 26.3 Å². The van der Waals surface area contributed by atoms with Crippen molar-refractivity contribution in [2.24, 2.45) is 11.8 Å². The van der Waals surface area contributed by atoms with Crippen LogP contribution in [0.2, 0.25) is 0 Å². The normalized spacial score (nSPS) is 26.4. The van der Waals surface area contributed by atoms with Gasteiger partial charge in [-0.05, 0) is 73.2 Å². The topological polar surface area (TPSA) is 12.5 Å². The van der Waals surface area contributed by atoms with Crippen LogP contribution in [0.3, 0.4) is 0 Å². The Hall–Kier alpha value is -2.13. The third-order valence-corrected chi connectivity index (χ3v) is 6.72. The Labute approximate surface area is 187 Å². The Morgan fingerprint density at radius 2 is 1.48 bits per heavy atom. The first kappa shape index (κ1) is 24.0. The number of alkyl halides is 6. The summed E-state index contributed by atoms with van der Waals surface area (Å²) in [7, 11) is 2.01. The van der Waals surface area contributed by atoms with Gasteiger partial charge in [0.1, 0.15) is 5.82 Å². The van der Waals surface area contributed by atoms with Crippen LogP contribution in [-0.2, 0) is 23.7 Å². The first-order chi connectivity index (χ1) is 15.4. The molecule has 1 aliphatic heterocycles. The van der Waals surface area contributed by atoms with Gasteiger partial charge in [-0.3, -0.25) is 0 Å². The summed E-state index contributed by atoms with van der Waals surface area (Å²) in [6.45, 7) is 1.34. The molecule has 9 heteroatoms. The van der Waals surface area contributed by atoms with Crippen molar-refractivity contribution in [2.45, 2.75) is 43.8 Å². The Morgan fingerprint density at radius 3 is 2.06 bits per heavy atom. The maximum Gasteiger partial charge on any atom is 0.416 e. The molecule has 1 saturated carbocycles. The lowest BCUT2D eigenvalue weighted by Crippen LogP contribution is -2.37. The summed E-state index contributed by atoms with van der Waals surface area (Å²) in [6.07, 6.45) is -8.72. The minimum Gasteiger partial charge on any atom is -0.373 e. The van der Waals surface area contributed by atoms with E-state index in [1.807, 2.05) is 7.05 Å². The number of fused-ring (bicyclic) bond motifs is 1. The number of ether oxygens (including phenoxy) is 1. The first-order valence-electron chi connectivity index (χ1n) is 10.8. The second-order valence-electron chi connectivity index (χ2n) is 9.06. The average Bonchev–Trinajstić information content (AvgIpc) is 3.11. The minimum atomic E-state index is -4.90. The van der Waals surface area contributed by atoms with Gasteiger partial charge >= 0.3 is 12.4 Å². The van der Waals surface area contributed by atoms with E-state index in [9.17, 15) is 30.7 Å². The molecule has 2 aromatic rings. The quantitative estimate of drug-likeness (QED) is 0.468. The SMILES string of the molecule is CN1C[C@@H]2CC[C@H](OCc3cc(C(F)(F)F)cc(C(F)(F)F)c3)[C@@H](c3ccc(F)cc3)[C@@H]2C1. The molecule has 0 spiro atoms. The average molecular weight is 475 g/mol.